The molecule has 0 fully saturated rings. The molecule has 0 saturated heterocycles. The fourth-order valence-corrected chi connectivity index (χ4v) is 3.68. The maximum atomic E-state index is 11.0. The number of hydrogen-bond acceptors (Lipinski definition) is 3. The molecule has 0 spiro atoms. The van der Waals surface area contributed by atoms with Crippen molar-refractivity contribution in [1.82, 2.24) is 0 Å². The van der Waals surface area contributed by atoms with Crippen LogP contribution in [0.4, 0.5) is 0 Å². The van der Waals surface area contributed by atoms with E-state index in [0.29, 0.717) is 6.42 Å². The van der Waals surface area contributed by atoms with Crippen LogP contribution in [-0.4, -0.2) is 59.3 Å². The van der Waals surface area contributed by atoms with Gasteiger partial charge in [-0.25, -0.2) is 0 Å². The van der Waals surface area contributed by atoms with Gasteiger partial charge >= 0.3 is 15.2 Å². The first-order valence-electron chi connectivity index (χ1n) is 5.40. The second-order valence-corrected chi connectivity index (χ2v) is 8.04. The molecule has 1 radical (unpaired) electrons. The molecule has 0 heterocycles. The van der Waals surface area contributed by atoms with Crippen molar-refractivity contribution in [2.24, 2.45) is 0 Å². The Kier molecular flexibility index (Phi) is 10.2. The molecular formula is C8H20NaO7P2. The average molecular weight is 313 g/mol. The molecule has 105 valence electrons. The molecule has 18 heavy (non-hydrogen) atoms. The third-order valence-corrected chi connectivity index (χ3v) is 6.43. The zero-order valence-electron chi connectivity index (χ0n) is 10.7. The first-order chi connectivity index (χ1) is 7.56. The molecule has 0 rings (SSSR count). The second-order valence-electron chi connectivity index (χ2n) is 4.03. The monoisotopic (exact) mass is 313 g/mol. The summed E-state index contributed by atoms with van der Waals surface area (Å²) in [4.78, 5) is 35.4. The maximum absolute atomic E-state index is 11.0. The summed E-state index contributed by atoms with van der Waals surface area (Å²) >= 11 is 0. The maximum Gasteiger partial charge on any atom is 0.369 e. The summed E-state index contributed by atoms with van der Waals surface area (Å²) in [6.07, 6.45) is 2.83. The number of aliphatic hydroxyl groups is 1. The summed E-state index contributed by atoms with van der Waals surface area (Å²) in [7, 11) is -10.5. The van der Waals surface area contributed by atoms with Crippen molar-refractivity contribution in [2.75, 3.05) is 0 Å². The summed E-state index contributed by atoms with van der Waals surface area (Å²) in [6.45, 7) is 1.99. The Balaban J connectivity index is 0. The second kappa shape index (κ2) is 8.53. The fourth-order valence-electron chi connectivity index (χ4n) is 1.43. The van der Waals surface area contributed by atoms with Gasteiger partial charge in [-0.15, -0.1) is 0 Å². The Labute approximate surface area is 129 Å². The van der Waals surface area contributed by atoms with Gasteiger partial charge in [0, 0.05) is 29.6 Å². The van der Waals surface area contributed by atoms with Gasteiger partial charge in [-0.1, -0.05) is 32.6 Å². The molecule has 0 aliphatic carbocycles. The summed E-state index contributed by atoms with van der Waals surface area (Å²) in [5.74, 6) is 0. The molecule has 0 atom stereocenters. The van der Waals surface area contributed by atoms with Gasteiger partial charge in [-0.2, -0.15) is 0 Å². The first kappa shape index (κ1) is 21.6. The van der Waals surface area contributed by atoms with E-state index in [4.69, 9.17) is 19.6 Å². The van der Waals surface area contributed by atoms with Crippen molar-refractivity contribution in [3.8, 4) is 0 Å². The van der Waals surface area contributed by atoms with Crippen LogP contribution in [0, 0.1) is 0 Å². The van der Waals surface area contributed by atoms with Crippen LogP contribution in [0.2, 0.25) is 0 Å². The summed E-state index contributed by atoms with van der Waals surface area (Å²) in [5.41, 5.74) is 0. The molecule has 0 saturated carbocycles. The summed E-state index contributed by atoms with van der Waals surface area (Å²) < 4.78 is 21.9. The largest absolute Gasteiger partial charge is 0.369 e. The molecule has 0 aromatic carbocycles. The summed E-state index contributed by atoms with van der Waals surface area (Å²) in [5, 5.41) is 6.27. The van der Waals surface area contributed by atoms with E-state index >= 15 is 0 Å². The van der Waals surface area contributed by atoms with E-state index in [-0.39, 0.29) is 36.0 Å². The molecule has 0 aromatic rings. The SMILES string of the molecule is CCCCCCCC(O)(P(=O)(O)O)P(=O)(O)O.[Na]. The fraction of sp³-hybridized carbons (Fsp3) is 1.00. The van der Waals surface area contributed by atoms with Gasteiger partial charge in [0.1, 0.15) is 0 Å². The molecule has 0 amide bonds. The third kappa shape index (κ3) is 6.14. The van der Waals surface area contributed by atoms with E-state index in [1.54, 1.807) is 0 Å². The Morgan fingerprint density at radius 1 is 0.889 bits per heavy atom. The van der Waals surface area contributed by atoms with Crippen LogP contribution >= 0.6 is 15.2 Å². The van der Waals surface area contributed by atoms with Crippen molar-refractivity contribution in [2.45, 2.75) is 50.5 Å². The predicted molar refractivity (Wildman–Crippen MR) is 68.2 cm³/mol. The van der Waals surface area contributed by atoms with Gasteiger partial charge in [0.25, 0.3) is 5.08 Å². The molecule has 0 aromatic heterocycles. The Bertz CT molecular complexity index is 301. The quantitative estimate of drug-likeness (QED) is 0.256. The van der Waals surface area contributed by atoms with Crippen LogP contribution in [0.15, 0.2) is 0 Å². The predicted octanol–water partition coefficient (Wildman–Crippen LogP) is 0.968. The molecule has 7 nitrogen and oxygen atoms in total. The zero-order valence-corrected chi connectivity index (χ0v) is 14.5. The van der Waals surface area contributed by atoms with Gasteiger partial charge in [0.2, 0.25) is 0 Å². The average Bonchev–Trinajstić information content (AvgIpc) is 2.13. The van der Waals surface area contributed by atoms with Gasteiger partial charge < -0.3 is 24.7 Å². The minimum atomic E-state index is -5.27. The molecule has 5 N–H and O–H groups in total. The third-order valence-electron chi connectivity index (χ3n) is 2.55. The topological polar surface area (TPSA) is 135 Å². The Morgan fingerprint density at radius 3 is 1.61 bits per heavy atom. The first-order valence-corrected chi connectivity index (χ1v) is 8.62. The van der Waals surface area contributed by atoms with E-state index in [9.17, 15) is 14.2 Å². The Hall–Kier alpha value is 1.26. The van der Waals surface area contributed by atoms with Gasteiger partial charge in [0.05, 0.1) is 0 Å². The van der Waals surface area contributed by atoms with Crippen LogP contribution in [0.3, 0.4) is 0 Å². The van der Waals surface area contributed by atoms with Gasteiger partial charge in [-0.3, -0.25) is 9.13 Å². The van der Waals surface area contributed by atoms with Crippen LogP contribution in [0.25, 0.3) is 0 Å². The van der Waals surface area contributed by atoms with Crippen LogP contribution in [0.5, 0.6) is 0 Å². The summed E-state index contributed by atoms with van der Waals surface area (Å²) in [6, 6.07) is 0. The van der Waals surface area contributed by atoms with Crippen LogP contribution in [0.1, 0.15) is 45.4 Å². The van der Waals surface area contributed by atoms with Crippen LogP contribution in [-0.2, 0) is 9.13 Å². The molecule has 0 unspecified atom stereocenters. The van der Waals surface area contributed by atoms with Crippen molar-refractivity contribution >= 4 is 44.7 Å². The van der Waals surface area contributed by atoms with E-state index in [1.165, 1.54) is 0 Å². The molecule has 0 aliphatic rings. The van der Waals surface area contributed by atoms with Crippen LogP contribution < -0.4 is 0 Å². The zero-order chi connectivity index (χ0) is 13.7. The smallest absolute Gasteiger partial charge is 0.368 e. The van der Waals surface area contributed by atoms with Gasteiger partial charge in [-0.05, 0) is 12.8 Å². The number of unbranched alkanes of at least 4 members (excludes halogenated alkanes) is 4. The van der Waals surface area contributed by atoms with E-state index < -0.39 is 26.7 Å². The van der Waals surface area contributed by atoms with Crippen molar-refractivity contribution in [1.29, 1.82) is 0 Å². The molecular weight excluding hydrogens is 293 g/mol. The van der Waals surface area contributed by atoms with E-state index in [2.05, 4.69) is 0 Å². The van der Waals surface area contributed by atoms with Gasteiger partial charge in [0.15, 0.2) is 0 Å². The molecule has 0 bridgehead atoms. The minimum absolute atomic E-state index is 0. The van der Waals surface area contributed by atoms with Crippen molar-refractivity contribution in [3.05, 3.63) is 0 Å². The van der Waals surface area contributed by atoms with Crippen molar-refractivity contribution < 1.29 is 33.8 Å². The molecule has 0 aliphatic heterocycles. The number of rotatable bonds is 8. The molecule has 10 heteroatoms. The minimum Gasteiger partial charge on any atom is -0.368 e. The Morgan fingerprint density at radius 2 is 1.28 bits per heavy atom. The standard InChI is InChI=1S/C8H20O7P2.Na/c1-2-3-4-5-6-7-8(9,16(10,11)12)17(13,14)15;/h9H,2-7H2,1H3,(H2,10,11,12)(H2,13,14,15);. The van der Waals surface area contributed by atoms with E-state index in [1.807, 2.05) is 6.92 Å². The normalized spacial score (nSPS) is 13.2. The number of hydrogen-bond donors (Lipinski definition) is 5. The van der Waals surface area contributed by atoms with Crippen molar-refractivity contribution in [3.63, 3.8) is 0 Å². The van der Waals surface area contributed by atoms with E-state index in [0.717, 1.165) is 19.3 Å².